The van der Waals surface area contributed by atoms with Crippen LogP contribution in [-0.2, 0) is 4.79 Å². The molecule has 0 aromatic carbocycles. The van der Waals surface area contributed by atoms with Gasteiger partial charge < -0.3 is 10.2 Å². The molecule has 0 bridgehead atoms. The molecule has 0 aromatic heterocycles. The van der Waals surface area contributed by atoms with Gasteiger partial charge in [0, 0.05) is 19.0 Å². The van der Waals surface area contributed by atoms with Crippen molar-refractivity contribution >= 4 is 18.3 Å². The van der Waals surface area contributed by atoms with E-state index in [-0.39, 0.29) is 12.4 Å². The highest BCUT2D eigenvalue weighted by Gasteiger charge is 2.39. The molecule has 1 spiro atoms. The Morgan fingerprint density at radius 2 is 1.58 bits per heavy atom. The second kappa shape index (κ2) is 6.45. The van der Waals surface area contributed by atoms with Crippen LogP contribution in [0.1, 0.15) is 51.4 Å². The van der Waals surface area contributed by atoms with E-state index in [1.54, 1.807) is 0 Å². The molecular formula is C15H27ClN2O. The molecule has 2 heterocycles. The first-order valence-corrected chi connectivity index (χ1v) is 7.79. The van der Waals surface area contributed by atoms with Crippen LogP contribution < -0.4 is 5.32 Å². The van der Waals surface area contributed by atoms with Crippen molar-refractivity contribution in [3.8, 4) is 0 Å². The second-order valence-electron chi connectivity index (χ2n) is 6.56. The highest BCUT2D eigenvalue weighted by molar-refractivity contribution is 5.85. The maximum atomic E-state index is 12.4. The number of halogens is 1. The van der Waals surface area contributed by atoms with Gasteiger partial charge in [-0.15, -0.1) is 12.4 Å². The predicted molar refractivity (Wildman–Crippen MR) is 79.6 cm³/mol. The number of carbonyl (C=O) groups is 1. The molecular weight excluding hydrogens is 260 g/mol. The molecule has 2 aliphatic heterocycles. The van der Waals surface area contributed by atoms with E-state index >= 15 is 0 Å². The molecule has 3 nitrogen and oxygen atoms in total. The molecule has 1 aliphatic carbocycles. The number of likely N-dealkylation sites (tertiary alicyclic amines) is 1. The van der Waals surface area contributed by atoms with Crippen LogP contribution in [-0.4, -0.2) is 37.0 Å². The number of piperidine rings is 1. The number of rotatable bonds is 1. The van der Waals surface area contributed by atoms with Gasteiger partial charge in [0.05, 0.1) is 0 Å². The van der Waals surface area contributed by atoms with Gasteiger partial charge in [0.25, 0.3) is 0 Å². The van der Waals surface area contributed by atoms with Crippen molar-refractivity contribution in [2.24, 2.45) is 11.3 Å². The normalized spacial score (nSPS) is 27.3. The largest absolute Gasteiger partial charge is 0.342 e. The standard InChI is InChI=1S/C15H26N2O.ClH/c18-14(17-11-1-2-12-17)13-3-5-15(6-4-13)7-9-16-10-8-15;/h13,16H,1-12H2;1H. The lowest BCUT2D eigenvalue weighted by Gasteiger charge is -2.43. The first kappa shape index (κ1) is 15.1. The fourth-order valence-corrected chi connectivity index (χ4v) is 4.13. The maximum Gasteiger partial charge on any atom is 0.225 e. The molecule has 1 amide bonds. The molecule has 1 N–H and O–H groups in total. The van der Waals surface area contributed by atoms with E-state index in [1.165, 1.54) is 51.6 Å². The molecule has 3 aliphatic rings. The average molecular weight is 287 g/mol. The Balaban J connectivity index is 0.00000133. The summed E-state index contributed by atoms with van der Waals surface area (Å²) < 4.78 is 0. The van der Waals surface area contributed by atoms with Crippen molar-refractivity contribution in [2.75, 3.05) is 26.2 Å². The second-order valence-corrected chi connectivity index (χ2v) is 6.56. The summed E-state index contributed by atoms with van der Waals surface area (Å²) in [5.74, 6) is 0.819. The van der Waals surface area contributed by atoms with E-state index in [9.17, 15) is 4.79 Å². The summed E-state index contributed by atoms with van der Waals surface area (Å²) in [6.07, 6.45) is 9.97. The number of hydrogen-bond donors (Lipinski definition) is 1. The first-order valence-electron chi connectivity index (χ1n) is 7.79. The highest BCUT2D eigenvalue weighted by Crippen LogP contribution is 2.45. The van der Waals surface area contributed by atoms with E-state index in [4.69, 9.17) is 0 Å². The smallest absolute Gasteiger partial charge is 0.225 e. The molecule has 0 atom stereocenters. The molecule has 4 heteroatoms. The van der Waals surface area contributed by atoms with Gasteiger partial charge in [-0.05, 0) is 69.9 Å². The lowest BCUT2D eigenvalue weighted by Crippen LogP contribution is -2.42. The summed E-state index contributed by atoms with van der Waals surface area (Å²) in [7, 11) is 0. The van der Waals surface area contributed by atoms with E-state index in [0.29, 0.717) is 17.2 Å². The third kappa shape index (κ3) is 3.25. The van der Waals surface area contributed by atoms with Crippen LogP contribution >= 0.6 is 12.4 Å². The summed E-state index contributed by atoms with van der Waals surface area (Å²) in [4.78, 5) is 14.5. The Bertz CT molecular complexity index is 299. The van der Waals surface area contributed by atoms with E-state index < -0.39 is 0 Å². The molecule has 19 heavy (non-hydrogen) atoms. The number of nitrogens with one attached hydrogen (secondary N) is 1. The van der Waals surface area contributed by atoms with Gasteiger partial charge in [0.15, 0.2) is 0 Å². The van der Waals surface area contributed by atoms with Gasteiger partial charge in [-0.25, -0.2) is 0 Å². The first-order chi connectivity index (χ1) is 8.79. The Morgan fingerprint density at radius 3 is 2.16 bits per heavy atom. The number of hydrogen-bond acceptors (Lipinski definition) is 2. The average Bonchev–Trinajstić information content (AvgIpc) is 2.94. The number of carbonyl (C=O) groups excluding carboxylic acids is 1. The Kier molecular flexibility index (Phi) is 5.13. The zero-order chi connectivity index (χ0) is 12.4. The predicted octanol–water partition coefficient (Wildman–Crippen LogP) is 2.59. The summed E-state index contributed by atoms with van der Waals surface area (Å²) in [5.41, 5.74) is 0.590. The lowest BCUT2D eigenvalue weighted by atomic mass is 9.65. The third-order valence-electron chi connectivity index (χ3n) is 5.48. The topological polar surface area (TPSA) is 32.3 Å². The van der Waals surface area contributed by atoms with Gasteiger partial charge in [0.2, 0.25) is 5.91 Å². The van der Waals surface area contributed by atoms with E-state index in [0.717, 1.165) is 25.9 Å². The maximum absolute atomic E-state index is 12.4. The lowest BCUT2D eigenvalue weighted by molar-refractivity contribution is -0.136. The minimum Gasteiger partial charge on any atom is -0.342 e. The van der Waals surface area contributed by atoms with Crippen LogP contribution in [0.15, 0.2) is 0 Å². The van der Waals surface area contributed by atoms with Gasteiger partial charge in [-0.1, -0.05) is 0 Å². The Morgan fingerprint density at radius 1 is 1.00 bits per heavy atom. The van der Waals surface area contributed by atoms with Crippen LogP contribution in [0.5, 0.6) is 0 Å². The van der Waals surface area contributed by atoms with Crippen molar-refractivity contribution < 1.29 is 4.79 Å². The number of nitrogens with zero attached hydrogens (tertiary/aromatic N) is 1. The van der Waals surface area contributed by atoms with E-state index in [2.05, 4.69) is 10.2 Å². The van der Waals surface area contributed by atoms with Crippen LogP contribution in [0.25, 0.3) is 0 Å². The molecule has 1 saturated carbocycles. The monoisotopic (exact) mass is 286 g/mol. The molecule has 0 aromatic rings. The van der Waals surface area contributed by atoms with Crippen molar-refractivity contribution in [1.82, 2.24) is 10.2 Å². The van der Waals surface area contributed by atoms with Crippen molar-refractivity contribution in [2.45, 2.75) is 51.4 Å². The quantitative estimate of drug-likeness (QED) is 0.804. The zero-order valence-electron chi connectivity index (χ0n) is 11.8. The van der Waals surface area contributed by atoms with Crippen molar-refractivity contribution in [3.63, 3.8) is 0 Å². The fourth-order valence-electron chi connectivity index (χ4n) is 4.13. The van der Waals surface area contributed by atoms with Crippen molar-refractivity contribution in [3.05, 3.63) is 0 Å². The zero-order valence-corrected chi connectivity index (χ0v) is 12.6. The number of amides is 1. The third-order valence-corrected chi connectivity index (χ3v) is 5.48. The van der Waals surface area contributed by atoms with Crippen LogP contribution in [0.4, 0.5) is 0 Å². The molecule has 3 rings (SSSR count). The molecule has 2 saturated heterocycles. The summed E-state index contributed by atoms with van der Waals surface area (Å²) in [6.45, 7) is 4.41. The van der Waals surface area contributed by atoms with Gasteiger partial charge in [-0.3, -0.25) is 4.79 Å². The van der Waals surface area contributed by atoms with Crippen LogP contribution in [0.3, 0.4) is 0 Å². The van der Waals surface area contributed by atoms with Gasteiger partial charge >= 0.3 is 0 Å². The Hall–Kier alpha value is -0.280. The van der Waals surface area contributed by atoms with Crippen molar-refractivity contribution in [1.29, 1.82) is 0 Å². The summed E-state index contributed by atoms with van der Waals surface area (Å²) in [5, 5.41) is 3.46. The molecule has 3 fully saturated rings. The Labute approximate surface area is 122 Å². The summed E-state index contributed by atoms with van der Waals surface area (Å²) >= 11 is 0. The van der Waals surface area contributed by atoms with Gasteiger partial charge in [-0.2, -0.15) is 0 Å². The molecule has 0 radical (unpaired) electrons. The van der Waals surface area contributed by atoms with Crippen LogP contribution in [0, 0.1) is 11.3 Å². The SMILES string of the molecule is Cl.O=C(C1CCC2(CCNCC2)CC1)N1CCCC1. The summed E-state index contributed by atoms with van der Waals surface area (Å²) in [6, 6.07) is 0. The van der Waals surface area contributed by atoms with Crippen LogP contribution in [0.2, 0.25) is 0 Å². The van der Waals surface area contributed by atoms with Gasteiger partial charge in [0.1, 0.15) is 0 Å². The minimum absolute atomic E-state index is 0. The minimum atomic E-state index is 0. The highest BCUT2D eigenvalue weighted by atomic mass is 35.5. The van der Waals surface area contributed by atoms with E-state index in [1.807, 2.05) is 0 Å². The molecule has 110 valence electrons. The molecule has 0 unspecified atom stereocenters. The fraction of sp³-hybridized carbons (Fsp3) is 0.933.